The number of aromatic nitrogens is 2. The summed E-state index contributed by atoms with van der Waals surface area (Å²) in [6.45, 7) is 1.25. The SMILES string of the molecule is O=C(NCC1CCCO1)c1cn[nH]c1-c1ccc(F)cc1. The molecule has 1 saturated heterocycles. The molecule has 1 aromatic heterocycles. The molecular formula is C15H16FN3O2. The smallest absolute Gasteiger partial charge is 0.255 e. The van der Waals surface area contributed by atoms with Gasteiger partial charge in [0.05, 0.1) is 23.6 Å². The van der Waals surface area contributed by atoms with E-state index in [1.807, 2.05) is 0 Å². The predicted molar refractivity (Wildman–Crippen MR) is 75.3 cm³/mol. The van der Waals surface area contributed by atoms with E-state index in [0.717, 1.165) is 25.0 Å². The highest BCUT2D eigenvalue weighted by atomic mass is 19.1. The van der Waals surface area contributed by atoms with Gasteiger partial charge in [-0.2, -0.15) is 5.10 Å². The van der Waals surface area contributed by atoms with E-state index in [-0.39, 0.29) is 17.8 Å². The van der Waals surface area contributed by atoms with Crippen molar-refractivity contribution in [2.45, 2.75) is 18.9 Å². The monoisotopic (exact) mass is 289 g/mol. The van der Waals surface area contributed by atoms with E-state index in [2.05, 4.69) is 15.5 Å². The van der Waals surface area contributed by atoms with Crippen molar-refractivity contribution in [2.75, 3.05) is 13.2 Å². The number of carbonyl (C=O) groups excluding carboxylic acids is 1. The van der Waals surface area contributed by atoms with Crippen LogP contribution in [-0.4, -0.2) is 35.4 Å². The summed E-state index contributed by atoms with van der Waals surface area (Å²) in [4.78, 5) is 12.2. The van der Waals surface area contributed by atoms with Crippen molar-refractivity contribution in [2.24, 2.45) is 0 Å². The van der Waals surface area contributed by atoms with Gasteiger partial charge in [-0.25, -0.2) is 4.39 Å². The Balaban J connectivity index is 1.72. The maximum absolute atomic E-state index is 13.0. The first kappa shape index (κ1) is 13.8. The summed E-state index contributed by atoms with van der Waals surface area (Å²) in [5.74, 6) is -0.527. The van der Waals surface area contributed by atoms with Gasteiger partial charge in [-0.05, 0) is 37.1 Å². The van der Waals surface area contributed by atoms with Gasteiger partial charge in [0.1, 0.15) is 5.82 Å². The molecule has 0 aliphatic carbocycles. The lowest BCUT2D eigenvalue weighted by atomic mass is 10.1. The van der Waals surface area contributed by atoms with Gasteiger partial charge in [-0.15, -0.1) is 0 Å². The molecule has 6 heteroatoms. The summed E-state index contributed by atoms with van der Waals surface area (Å²) in [7, 11) is 0. The maximum atomic E-state index is 13.0. The first-order chi connectivity index (χ1) is 10.2. The Morgan fingerprint density at radius 2 is 2.24 bits per heavy atom. The van der Waals surface area contributed by atoms with E-state index in [1.165, 1.54) is 18.3 Å². The van der Waals surface area contributed by atoms with Crippen LogP contribution in [0.15, 0.2) is 30.5 Å². The van der Waals surface area contributed by atoms with E-state index < -0.39 is 0 Å². The molecule has 1 unspecified atom stereocenters. The summed E-state index contributed by atoms with van der Waals surface area (Å²) >= 11 is 0. The first-order valence-corrected chi connectivity index (χ1v) is 6.93. The molecule has 3 rings (SSSR count). The second-order valence-electron chi connectivity index (χ2n) is 5.01. The van der Waals surface area contributed by atoms with E-state index in [9.17, 15) is 9.18 Å². The molecule has 0 radical (unpaired) electrons. The van der Waals surface area contributed by atoms with Crippen LogP contribution in [0.1, 0.15) is 23.2 Å². The number of nitrogens with zero attached hydrogens (tertiary/aromatic N) is 1. The third kappa shape index (κ3) is 3.11. The van der Waals surface area contributed by atoms with Crippen LogP contribution in [0.4, 0.5) is 4.39 Å². The zero-order valence-corrected chi connectivity index (χ0v) is 11.4. The normalized spacial score (nSPS) is 17.9. The number of hydrogen-bond donors (Lipinski definition) is 2. The van der Waals surface area contributed by atoms with Gasteiger partial charge < -0.3 is 10.1 Å². The number of aromatic amines is 1. The molecule has 1 aliphatic rings. The molecule has 110 valence electrons. The fourth-order valence-corrected chi connectivity index (χ4v) is 2.40. The summed E-state index contributed by atoms with van der Waals surface area (Å²) in [5, 5.41) is 9.55. The van der Waals surface area contributed by atoms with Crippen LogP contribution in [0.2, 0.25) is 0 Å². The summed E-state index contributed by atoms with van der Waals surface area (Å²) in [6.07, 6.45) is 3.57. The minimum absolute atomic E-state index is 0.0927. The van der Waals surface area contributed by atoms with Gasteiger partial charge in [-0.3, -0.25) is 9.89 Å². The molecule has 0 bridgehead atoms. The Bertz CT molecular complexity index is 618. The molecule has 0 saturated carbocycles. The zero-order chi connectivity index (χ0) is 14.7. The second-order valence-corrected chi connectivity index (χ2v) is 5.01. The van der Waals surface area contributed by atoms with Gasteiger partial charge in [-0.1, -0.05) is 0 Å². The number of amides is 1. The minimum Gasteiger partial charge on any atom is -0.376 e. The van der Waals surface area contributed by atoms with Gasteiger partial charge in [0, 0.05) is 18.7 Å². The quantitative estimate of drug-likeness (QED) is 0.906. The number of hydrogen-bond acceptors (Lipinski definition) is 3. The molecular weight excluding hydrogens is 273 g/mol. The fourth-order valence-electron chi connectivity index (χ4n) is 2.40. The number of H-pyrrole nitrogens is 1. The average molecular weight is 289 g/mol. The van der Waals surface area contributed by atoms with E-state index in [0.29, 0.717) is 17.8 Å². The molecule has 1 aliphatic heterocycles. The van der Waals surface area contributed by atoms with Crippen LogP contribution in [0, 0.1) is 5.82 Å². The Hall–Kier alpha value is -2.21. The van der Waals surface area contributed by atoms with Crippen LogP contribution in [0.5, 0.6) is 0 Å². The lowest BCUT2D eigenvalue weighted by molar-refractivity contribution is 0.0858. The number of ether oxygens (including phenoxy) is 1. The van der Waals surface area contributed by atoms with Crippen LogP contribution < -0.4 is 5.32 Å². The van der Waals surface area contributed by atoms with Crippen molar-refractivity contribution in [3.8, 4) is 11.3 Å². The molecule has 0 spiro atoms. The lowest BCUT2D eigenvalue weighted by Gasteiger charge is -2.10. The number of rotatable bonds is 4. The number of carbonyl (C=O) groups is 1. The van der Waals surface area contributed by atoms with Crippen molar-refractivity contribution in [1.82, 2.24) is 15.5 Å². The molecule has 1 fully saturated rings. The zero-order valence-electron chi connectivity index (χ0n) is 11.4. The summed E-state index contributed by atoms with van der Waals surface area (Å²) in [5.41, 5.74) is 1.75. The number of halogens is 1. The van der Waals surface area contributed by atoms with Crippen LogP contribution >= 0.6 is 0 Å². The first-order valence-electron chi connectivity index (χ1n) is 6.93. The molecule has 21 heavy (non-hydrogen) atoms. The maximum Gasteiger partial charge on any atom is 0.255 e. The van der Waals surface area contributed by atoms with Gasteiger partial charge >= 0.3 is 0 Å². The molecule has 2 heterocycles. The Morgan fingerprint density at radius 3 is 2.95 bits per heavy atom. The Morgan fingerprint density at radius 1 is 1.43 bits per heavy atom. The topological polar surface area (TPSA) is 67.0 Å². The average Bonchev–Trinajstić information content (AvgIpc) is 3.17. The molecule has 2 aromatic rings. The molecule has 1 amide bonds. The molecule has 1 aromatic carbocycles. The van der Waals surface area contributed by atoms with E-state index in [1.54, 1.807) is 12.1 Å². The molecule has 5 nitrogen and oxygen atoms in total. The molecule has 1 atom stereocenters. The summed E-state index contributed by atoms with van der Waals surface area (Å²) in [6, 6.07) is 5.92. The number of benzene rings is 1. The lowest BCUT2D eigenvalue weighted by Crippen LogP contribution is -2.31. The minimum atomic E-state index is -0.317. The van der Waals surface area contributed by atoms with Crippen molar-refractivity contribution < 1.29 is 13.9 Å². The van der Waals surface area contributed by atoms with Crippen molar-refractivity contribution in [3.63, 3.8) is 0 Å². The largest absolute Gasteiger partial charge is 0.376 e. The highest BCUT2D eigenvalue weighted by Gasteiger charge is 2.19. The standard InChI is InChI=1S/C15H16FN3O2/c16-11-5-3-10(4-6-11)14-13(9-18-19-14)15(20)17-8-12-2-1-7-21-12/h3-6,9,12H,1-2,7-8H2,(H,17,20)(H,18,19). The van der Waals surface area contributed by atoms with Crippen LogP contribution in [0.25, 0.3) is 11.3 Å². The van der Waals surface area contributed by atoms with Crippen molar-refractivity contribution in [1.29, 1.82) is 0 Å². The summed E-state index contributed by atoms with van der Waals surface area (Å²) < 4.78 is 18.4. The van der Waals surface area contributed by atoms with Gasteiger partial charge in [0.25, 0.3) is 5.91 Å². The van der Waals surface area contributed by atoms with Gasteiger partial charge in [0.15, 0.2) is 0 Å². The highest BCUT2D eigenvalue weighted by molar-refractivity contribution is 5.99. The van der Waals surface area contributed by atoms with Crippen LogP contribution in [0.3, 0.4) is 0 Å². The Labute approximate surface area is 121 Å². The molecule has 2 N–H and O–H groups in total. The predicted octanol–water partition coefficient (Wildman–Crippen LogP) is 2.12. The second kappa shape index (κ2) is 6.05. The van der Waals surface area contributed by atoms with Crippen molar-refractivity contribution in [3.05, 3.63) is 41.8 Å². The fraction of sp³-hybridized carbons (Fsp3) is 0.333. The third-order valence-corrected chi connectivity index (χ3v) is 3.53. The van der Waals surface area contributed by atoms with Crippen LogP contribution in [-0.2, 0) is 4.74 Å². The van der Waals surface area contributed by atoms with E-state index >= 15 is 0 Å². The number of nitrogens with one attached hydrogen (secondary N) is 2. The Kier molecular flexibility index (Phi) is 3.96. The van der Waals surface area contributed by atoms with Gasteiger partial charge in [0.2, 0.25) is 0 Å². The third-order valence-electron chi connectivity index (χ3n) is 3.53. The highest BCUT2D eigenvalue weighted by Crippen LogP contribution is 2.21. The van der Waals surface area contributed by atoms with Crippen molar-refractivity contribution >= 4 is 5.91 Å². The van der Waals surface area contributed by atoms with E-state index in [4.69, 9.17) is 4.74 Å².